The molecule has 0 fully saturated rings. The van der Waals surface area contributed by atoms with Crippen molar-refractivity contribution in [1.29, 1.82) is 0 Å². The number of aliphatic hydroxyl groups excluding tert-OH is 1. The fourth-order valence-electron chi connectivity index (χ4n) is 1.04. The molecule has 0 radical (unpaired) electrons. The molecular formula is C8H10BrClN2O3S. The Hall–Kier alpha value is -0.340. The molecule has 0 saturated heterocycles. The Labute approximate surface area is 107 Å². The molecule has 1 aromatic carbocycles. The zero-order valence-electron chi connectivity index (χ0n) is 8.07. The minimum Gasteiger partial charge on any atom is -0.398 e. The number of aliphatic hydroxyl groups is 1. The number of nitrogens with one attached hydrogen (secondary N) is 1. The van der Waals surface area contributed by atoms with Crippen LogP contribution < -0.4 is 10.5 Å². The van der Waals surface area contributed by atoms with Crippen molar-refractivity contribution < 1.29 is 13.5 Å². The lowest BCUT2D eigenvalue weighted by Crippen LogP contribution is -2.27. The fraction of sp³-hybridized carbons (Fsp3) is 0.250. The van der Waals surface area contributed by atoms with Gasteiger partial charge in [-0.3, -0.25) is 0 Å². The standard InChI is InChI=1S/C8H10BrClN2O3S/c9-8-6(11)3-5(10)4-7(8)16(14,15)12-1-2-13/h3-4,12-13H,1-2,11H2. The monoisotopic (exact) mass is 328 g/mol. The topological polar surface area (TPSA) is 92.4 Å². The lowest BCUT2D eigenvalue weighted by molar-refractivity contribution is 0.301. The Morgan fingerprint density at radius 2 is 2.12 bits per heavy atom. The number of benzene rings is 1. The van der Waals surface area contributed by atoms with Gasteiger partial charge in [0.05, 0.1) is 16.0 Å². The SMILES string of the molecule is Nc1cc(Cl)cc(S(=O)(=O)NCCO)c1Br. The second-order valence-corrected chi connectivity index (χ2v) is 5.89. The molecule has 16 heavy (non-hydrogen) atoms. The second kappa shape index (κ2) is 5.33. The Morgan fingerprint density at radius 3 is 2.69 bits per heavy atom. The van der Waals surface area contributed by atoms with Gasteiger partial charge in [-0.25, -0.2) is 13.1 Å². The zero-order chi connectivity index (χ0) is 12.3. The first-order valence-electron chi connectivity index (χ1n) is 4.23. The van der Waals surface area contributed by atoms with Crippen molar-refractivity contribution in [2.24, 2.45) is 0 Å². The van der Waals surface area contributed by atoms with Gasteiger partial charge in [0.25, 0.3) is 0 Å². The zero-order valence-corrected chi connectivity index (χ0v) is 11.2. The van der Waals surface area contributed by atoms with Crippen LogP contribution in [-0.2, 0) is 10.0 Å². The van der Waals surface area contributed by atoms with Crippen LogP contribution in [0.2, 0.25) is 5.02 Å². The molecule has 0 atom stereocenters. The maximum absolute atomic E-state index is 11.7. The van der Waals surface area contributed by atoms with Crippen molar-refractivity contribution in [1.82, 2.24) is 4.72 Å². The molecule has 0 saturated carbocycles. The van der Waals surface area contributed by atoms with Crippen molar-refractivity contribution in [3.63, 3.8) is 0 Å². The highest BCUT2D eigenvalue weighted by atomic mass is 79.9. The molecule has 8 heteroatoms. The number of halogens is 2. The average Bonchev–Trinajstić information content (AvgIpc) is 2.20. The molecule has 0 bridgehead atoms. The largest absolute Gasteiger partial charge is 0.398 e. The highest BCUT2D eigenvalue weighted by molar-refractivity contribution is 9.10. The summed E-state index contributed by atoms with van der Waals surface area (Å²) in [7, 11) is -3.72. The van der Waals surface area contributed by atoms with Crippen LogP contribution in [0.1, 0.15) is 0 Å². The summed E-state index contributed by atoms with van der Waals surface area (Å²) in [5, 5.41) is 8.79. The van der Waals surface area contributed by atoms with E-state index in [4.69, 9.17) is 22.4 Å². The number of sulfonamides is 1. The van der Waals surface area contributed by atoms with Gasteiger partial charge in [-0.2, -0.15) is 0 Å². The van der Waals surface area contributed by atoms with Gasteiger partial charge in [-0.05, 0) is 28.1 Å². The van der Waals surface area contributed by atoms with E-state index < -0.39 is 10.0 Å². The van der Waals surface area contributed by atoms with E-state index >= 15 is 0 Å². The quantitative estimate of drug-likeness (QED) is 0.717. The Morgan fingerprint density at radius 1 is 1.50 bits per heavy atom. The van der Waals surface area contributed by atoms with E-state index in [-0.39, 0.29) is 33.2 Å². The van der Waals surface area contributed by atoms with Crippen LogP contribution in [0, 0.1) is 0 Å². The van der Waals surface area contributed by atoms with E-state index in [9.17, 15) is 8.42 Å². The number of anilines is 1. The van der Waals surface area contributed by atoms with Gasteiger partial charge >= 0.3 is 0 Å². The van der Waals surface area contributed by atoms with E-state index in [1.165, 1.54) is 12.1 Å². The summed E-state index contributed by atoms with van der Waals surface area (Å²) >= 11 is 8.80. The van der Waals surface area contributed by atoms with E-state index in [1.54, 1.807) is 0 Å². The highest BCUT2D eigenvalue weighted by Crippen LogP contribution is 2.31. The molecule has 0 amide bonds. The number of nitrogen functional groups attached to an aromatic ring is 1. The molecule has 0 aliphatic heterocycles. The van der Waals surface area contributed by atoms with Crippen molar-refractivity contribution in [2.75, 3.05) is 18.9 Å². The minimum absolute atomic E-state index is 0.0500. The maximum atomic E-state index is 11.7. The first-order chi connectivity index (χ1) is 7.38. The summed E-state index contributed by atoms with van der Waals surface area (Å²) < 4.78 is 26.0. The van der Waals surface area contributed by atoms with E-state index in [1.807, 2.05) is 0 Å². The van der Waals surface area contributed by atoms with Crippen molar-refractivity contribution in [3.05, 3.63) is 21.6 Å². The molecule has 5 nitrogen and oxygen atoms in total. The molecular weight excluding hydrogens is 320 g/mol. The Balaban J connectivity index is 3.22. The molecule has 0 aromatic heterocycles. The minimum atomic E-state index is -3.72. The molecule has 1 aromatic rings. The molecule has 4 N–H and O–H groups in total. The van der Waals surface area contributed by atoms with Gasteiger partial charge in [0.15, 0.2) is 0 Å². The van der Waals surface area contributed by atoms with Crippen LogP contribution in [0.5, 0.6) is 0 Å². The average molecular weight is 330 g/mol. The maximum Gasteiger partial charge on any atom is 0.241 e. The van der Waals surface area contributed by atoms with Gasteiger partial charge < -0.3 is 10.8 Å². The van der Waals surface area contributed by atoms with Gasteiger partial charge in [0.2, 0.25) is 10.0 Å². The van der Waals surface area contributed by atoms with Crippen molar-refractivity contribution in [3.8, 4) is 0 Å². The molecule has 0 spiro atoms. The molecule has 0 unspecified atom stereocenters. The fourth-order valence-corrected chi connectivity index (χ4v) is 3.35. The summed E-state index contributed by atoms with van der Waals surface area (Å²) in [6, 6.07) is 2.72. The van der Waals surface area contributed by atoms with Crippen molar-refractivity contribution >= 4 is 43.2 Å². The normalized spacial score (nSPS) is 11.7. The lowest BCUT2D eigenvalue weighted by atomic mass is 10.3. The third-order valence-corrected chi connectivity index (χ3v) is 4.58. The van der Waals surface area contributed by atoms with Crippen LogP contribution in [0.3, 0.4) is 0 Å². The van der Waals surface area contributed by atoms with Crippen LogP contribution in [0.4, 0.5) is 5.69 Å². The van der Waals surface area contributed by atoms with Gasteiger partial charge in [-0.1, -0.05) is 11.6 Å². The number of nitrogens with two attached hydrogens (primary N) is 1. The molecule has 0 aliphatic rings. The molecule has 90 valence electrons. The summed E-state index contributed by atoms with van der Waals surface area (Å²) in [5.41, 5.74) is 5.81. The van der Waals surface area contributed by atoms with Crippen LogP contribution in [0.15, 0.2) is 21.5 Å². The Bertz CT molecular complexity index is 492. The van der Waals surface area contributed by atoms with Crippen LogP contribution in [0.25, 0.3) is 0 Å². The van der Waals surface area contributed by atoms with Crippen molar-refractivity contribution in [2.45, 2.75) is 4.90 Å². The molecule has 0 heterocycles. The third kappa shape index (κ3) is 3.08. The first-order valence-corrected chi connectivity index (χ1v) is 6.89. The van der Waals surface area contributed by atoms with Gasteiger partial charge in [-0.15, -0.1) is 0 Å². The number of hydrogen-bond acceptors (Lipinski definition) is 4. The predicted molar refractivity (Wildman–Crippen MR) is 65.8 cm³/mol. The smallest absolute Gasteiger partial charge is 0.241 e. The van der Waals surface area contributed by atoms with E-state index in [2.05, 4.69) is 20.7 Å². The highest BCUT2D eigenvalue weighted by Gasteiger charge is 2.19. The Kier molecular flexibility index (Phi) is 4.57. The number of rotatable bonds is 4. The second-order valence-electron chi connectivity index (χ2n) is 2.93. The lowest BCUT2D eigenvalue weighted by Gasteiger charge is -2.09. The van der Waals surface area contributed by atoms with E-state index in [0.29, 0.717) is 0 Å². The van der Waals surface area contributed by atoms with Gasteiger partial charge in [0, 0.05) is 17.3 Å². The molecule has 1 rings (SSSR count). The summed E-state index contributed by atoms with van der Waals surface area (Å²) in [6.07, 6.45) is 0. The van der Waals surface area contributed by atoms with Crippen LogP contribution >= 0.6 is 27.5 Å². The van der Waals surface area contributed by atoms with E-state index in [0.717, 1.165) is 0 Å². The predicted octanol–water partition coefficient (Wildman–Crippen LogP) is 0.955. The summed E-state index contributed by atoms with van der Waals surface area (Å²) in [5.74, 6) is 0. The first kappa shape index (κ1) is 13.7. The summed E-state index contributed by atoms with van der Waals surface area (Å²) in [6.45, 7) is -0.353. The molecule has 0 aliphatic carbocycles. The van der Waals surface area contributed by atoms with Crippen LogP contribution in [-0.4, -0.2) is 26.7 Å². The third-order valence-electron chi connectivity index (χ3n) is 1.73. The van der Waals surface area contributed by atoms with Gasteiger partial charge in [0.1, 0.15) is 0 Å². The summed E-state index contributed by atoms with van der Waals surface area (Å²) in [4.78, 5) is -0.0500. The number of hydrogen-bond donors (Lipinski definition) is 3.